The summed E-state index contributed by atoms with van der Waals surface area (Å²) in [5.41, 5.74) is 2.68. The Hall–Kier alpha value is -2.34. The maximum absolute atomic E-state index is 4.30. The van der Waals surface area contributed by atoms with Gasteiger partial charge in [-0.1, -0.05) is 31.2 Å². The third-order valence-corrected chi connectivity index (χ3v) is 5.40. The van der Waals surface area contributed by atoms with E-state index in [9.17, 15) is 0 Å². The van der Waals surface area contributed by atoms with E-state index in [0.29, 0.717) is 0 Å². The molecule has 1 aliphatic heterocycles. The molecule has 2 N–H and O–H groups in total. The first-order chi connectivity index (χ1) is 13.7. The van der Waals surface area contributed by atoms with E-state index in [1.165, 1.54) is 37.1 Å². The van der Waals surface area contributed by atoms with Crippen molar-refractivity contribution >= 4 is 5.96 Å². The molecule has 0 bridgehead atoms. The van der Waals surface area contributed by atoms with Crippen molar-refractivity contribution in [1.29, 1.82) is 0 Å². The molecule has 0 amide bonds. The predicted molar refractivity (Wildman–Crippen MR) is 115 cm³/mol. The van der Waals surface area contributed by atoms with Crippen LogP contribution in [0, 0.1) is 5.92 Å². The molecule has 1 aliphatic rings. The van der Waals surface area contributed by atoms with Crippen LogP contribution in [0.3, 0.4) is 0 Å². The minimum Gasteiger partial charge on any atom is -0.356 e. The number of rotatable bonds is 8. The minimum absolute atomic E-state index is 0.778. The van der Waals surface area contributed by atoms with Crippen LogP contribution >= 0.6 is 0 Å². The second kappa shape index (κ2) is 10.9. The number of nitrogens with one attached hydrogen (secondary N) is 2. The standard InChI is InChI=1S/C22H34N6/c1-19-9-15-27(16-10-19)18-21-7-5-20(6-8-21)17-25-22(23-2)24-11-3-13-28-14-4-12-26-28/h4-8,12,14,19H,3,9-11,13,15-18H2,1-2H3,(H2,23,24,25). The Morgan fingerprint density at radius 1 is 1.14 bits per heavy atom. The van der Waals surface area contributed by atoms with Crippen LogP contribution in [0.1, 0.15) is 37.3 Å². The van der Waals surface area contributed by atoms with E-state index < -0.39 is 0 Å². The number of benzene rings is 1. The molecule has 2 aromatic rings. The average molecular weight is 383 g/mol. The number of nitrogens with zero attached hydrogens (tertiary/aromatic N) is 4. The summed E-state index contributed by atoms with van der Waals surface area (Å²) < 4.78 is 1.95. The highest BCUT2D eigenvalue weighted by Crippen LogP contribution is 2.18. The molecule has 0 aliphatic carbocycles. The summed E-state index contributed by atoms with van der Waals surface area (Å²) in [6.45, 7) is 8.45. The van der Waals surface area contributed by atoms with Crippen LogP contribution in [0.15, 0.2) is 47.7 Å². The van der Waals surface area contributed by atoms with Gasteiger partial charge in [0.1, 0.15) is 0 Å². The van der Waals surface area contributed by atoms with Gasteiger partial charge in [-0.3, -0.25) is 14.6 Å². The predicted octanol–water partition coefficient (Wildman–Crippen LogP) is 2.87. The highest BCUT2D eigenvalue weighted by Gasteiger charge is 2.15. The molecule has 3 rings (SSSR count). The summed E-state index contributed by atoms with van der Waals surface area (Å²) in [6, 6.07) is 10.9. The lowest BCUT2D eigenvalue weighted by atomic mass is 9.99. The lowest BCUT2D eigenvalue weighted by Gasteiger charge is -2.30. The first-order valence-corrected chi connectivity index (χ1v) is 10.4. The Morgan fingerprint density at radius 2 is 1.89 bits per heavy atom. The molecule has 28 heavy (non-hydrogen) atoms. The van der Waals surface area contributed by atoms with Crippen LogP contribution < -0.4 is 10.6 Å². The quantitative estimate of drug-likeness (QED) is 0.419. The van der Waals surface area contributed by atoms with Crippen LogP contribution in [0.25, 0.3) is 0 Å². The molecular weight excluding hydrogens is 348 g/mol. The maximum Gasteiger partial charge on any atom is 0.191 e. The fourth-order valence-electron chi connectivity index (χ4n) is 3.53. The Balaban J connectivity index is 1.35. The Morgan fingerprint density at radius 3 is 2.57 bits per heavy atom. The molecular formula is C22H34N6. The van der Waals surface area contributed by atoms with Gasteiger partial charge in [-0.15, -0.1) is 0 Å². The molecule has 1 saturated heterocycles. The molecule has 6 nitrogen and oxygen atoms in total. The number of hydrogen-bond acceptors (Lipinski definition) is 3. The van der Waals surface area contributed by atoms with E-state index in [-0.39, 0.29) is 0 Å². The van der Waals surface area contributed by atoms with E-state index in [2.05, 4.69) is 56.8 Å². The fraction of sp³-hybridized carbons (Fsp3) is 0.545. The van der Waals surface area contributed by atoms with Gasteiger partial charge >= 0.3 is 0 Å². The monoisotopic (exact) mass is 382 g/mol. The summed E-state index contributed by atoms with van der Waals surface area (Å²) in [5, 5.41) is 11.0. The van der Waals surface area contributed by atoms with E-state index in [4.69, 9.17) is 0 Å². The Labute approximate surface area is 169 Å². The summed E-state index contributed by atoms with van der Waals surface area (Å²) in [5.74, 6) is 1.73. The Bertz CT molecular complexity index is 699. The highest BCUT2D eigenvalue weighted by atomic mass is 15.3. The number of piperidine rings is 1. The van der Waals surface area contributed by atoms with Gasteiger partial charge in [0.25, 0.3) is 0 Å². The largest absolute Gasteiger partial charge is 0.356 e. The van der Waals surface area contributed by atoms with Crippen molar-refractivity contribution in [2.24, 2.45) is 10.9 Å². The highest BCUT2D eigenvalue weighted by molar-refractivity contribution is 5.79. The van der Waals surface area contributed by atoms with Crippen LogP contribution in [0.5, 0.6) is 0 Å². The SMILES string of the molecule is CN=C(NCCCn1cccn1)NCc1ccc(CN2CCC(C)CC2)cc1. The van der Waals surface area contributed by atoms with Gasteiger partial charge < -0.3 is 10.6 Å². The molecule has 1 aromatic carbocycles. The normalized spacial score (nSPS) is 16.3. The number of hydrogen-bond donors (Lipinski definition) is 2. The second-order valence-electron chi connectivity index (χ2n) is 7.75. The van der Waals surface area contributed by atoms with Gasteiger partial charge in [0.2, 0.25) is 0 Å². The van der Waals surface area contributed by atoms with Crippen LogP contribution in [-0.2, 0) is 19.6 Å². The zero-order valence-corrected chi connectivity index (χ0v) is 17.3. The number of aryl methyl sites for hydroxylation is 1. The van der Waals surface area contributed by atoms with E-state index >= 15 is 0 Å². The topological polar surface area (TPSA) is 57.5 Å². The number of aromatic nitrogens is 2. The number of aliphatic imine (C=N–C) groups is 1. The van der Waals surface area contributed by atoms with Crippen LogP contribution in [0.4, 0.5) is 0 Å². The fourth-order valence-corrected chi connectivity index (χ4v) is 3.53. The van der Waals surface area contributed by atoms with Crippen molar-refractivity contribution in [3.05, 3.63) is 53.9 Å². The van der Waals surface area contributed by atoms with Crippen molar-refractivity contribution in [3.8, 4) is 0 Å². The zero-order chi connectivity index (χ0) is 19.6. The van der Waals surface area contributed by atoms with Crippen LogP contribution in [0.2, 0.25) is 0 Å². The third-order valence-electron chi connectivity index (χ3n) is 5.40. The second-order valence-corrected chi connectivity index (χ2v) is 7.75. The molecule has 6 heteroatoms. The van der Waals surface area contributed by atoms with Crippen molar-refractivity contribution in [2.45, 2.75) is 45.8 Å². The molecule has 0 radical (unpaired) electrons. The molecule has 1 aromatic heterocycles. The van der Waals surface area contributed by atoms with Crippen molar-refractivity contribution in [2.75, 3.05) is 26.7 Å². The van der Waals surface area contributed by atoms with Gasteiger partial charge in [-0.2, -0.15) is 5.10 Å². The van der Waals surface area contributed by atoms with Crippen molar-refractivity contribution in [1.82, 2.24) is 25.3 Å². The van der Waals surface area contributed by atoms with Gasteiger partial charge in [0, 0.05) is 45.6 Å². The first-order valence-electron chi connectivity index (χ1n) is 10.4. The summed E-state index contributed by atoms with van der Waals surface area (Å²) in [6.07, 6.45) is 7.47. The third kappa shape index (κ3) is 6.68. The van der Waals surface area contributed by atoms with E-state index in [0.717, 1.165) is 44.5 Å². The van der Waals surface area contributed by atoms with Crippen LogP contribution in [-0.4, -0.2) is 47.3 Å². The minimum atomic E-state index is 0.778. The molecule has 1 fully saturated rings. The molecule has 0 saturated carbocycles. The summed E-state index contributed by atoms with van der Waals surface area (Å²) >= 11 is 0. The van der Waals surface area contributed by atoms with E-state index in [1.54, 1.807) is 0 Å². The molecule has 152 valence electrons. The van der Waals surface area contributed by atoms with Gasteiger partial charge in [0.05, 0.1) is 0 Å². The zero-order valence-electron chi connectivity index (χ0n) is 17.3. The number of guanidine groups is 1. The lowest BCUT2D eigenvalue weighted by Crippen LogP contribution is -2.37. The lowest BCUT2D eigenvalue weighted by molar-refractivity contribution is 0.185. The van der Waals surface area contributed by atoms with Gasteiger partial charge in [0.15, 0.2) is 5.96 Å². The van der Waals surface area contributed by atoms with Gasteiger partial charge in [-0.05, 0) is 55.5 Å². The van der Waals surface area contributed by atoms with Crippen molar-refractivity contribution in [3.63, 3.8) is 0 Å². The van der Waals surface area contributed by atoms with Crippen molar-refractivity contribution < 1.29 is 0 Å². The summed E-state index contributed by atoms with van der Waals surface area (Å²) in [4.78, 5) is 6.88. The maximum atomic E-state index is 4.30. The molecule has 2 heterocycles. The average Bonchev–Trinajstić information content (AvgIpc) is 3.24. The molecule has 0 spiro atoms. The first kappa shape index (κ1) is 20.4. The number of likely N-dealkylation sites (tertiary alicyclic amines) is 1. The van der Waals surface area contributed by atoms with Gasteiger partial charge in [-0.25, -0.2) is 0 Å². The Kier molecular flexibility index (Phi) is 7.91. The molecule has 0 atom stereocenters. The summed E-state index contributed by atoms with van der Waals surface area (Å²) in [7, 11) is 1.81. The van der Waals surface area contributed by atoms with E-state index in [1.807, 2.05) is 30.2 Å². The molecule has 0 unspecified atom stereocenters. The smallest absolute Gasteiger partial charge is 0.191 e.